The van der Waals surface area contributed by atoms with Crippen LogP contribution < -0.4 is 37.6 Å². The van der Waals surface area contributed by atoms with Crippen molar-refractivity contribution in [2.24, 2.45) is 5.73 Å². The molecule has 17 nitrogen and oxygen atoms in total. The Morgan fingerprint density at radius 3 is 1.98 bits per heavy atom. The first-order chi connectivity index (χ1) is 22.6. The number of guanidine groups is 1. The molecule has 272 valence electrons. The number of carboxylic acids is 1. The van der Waals surface area contributed by atoms with Crippen molar-refractivity contribution in [1.29, 1.82) is 5.41 Å². The minimum Gasteiger partial charge on any atom is -0.481 e. The van der Waals surface area contributed by atoms with Crippen LogP contribution in [0.2, 0.25) is 0 Å². The number of rotatable bonds is 8. The number of carbonyl (C=O) groups excluding carboxylic acids is 6. The first-order valence-electron chi connectivity index (χ1n) is 16.6. The minimum absolute atomic E-state index is 0.0311. The lowest BCUT2D eigenvalue weighted by Gasteiger charge is -2.26. The zero-order valence-corrected chi connectivity index (χ0v) is 28.2. The molecule has 0 bridgehead atoms. The highest BCUT2D eigenvalue weighted by Crippen LogP contribution is 2.10. The largest absolute Gasteiger partial charge is 0.481 e. The van der Waals surface area contributed by atoms with Crippen molar-refractivity contribution in [3.8, 4) is 0 Å². The molecule has 1 aliphatic rings. The zero-order chi connectivity index (χ0) is 36.2. The summed E-state index contributed by atoms with van der Waals surface area (Å²) >= 11 is 0. The predicted molar refractivity (Wildman–Crippen MR) is 176 cm³/mol. The van der Waals surface area contributed by atoms with Gasteiger partial charge >= 0.3 is 5.97 Å². The molecule has 0 aromatic carbocycles. The molecule has 17 heteroatoms. The lowest BCUT2D eigenvalue weighted by molar-refractivity contribution is -0.140. The number of carboxylic acid groups (broad SMARTS) is 1. The molecule has 1 aliphatic heterocycles. The number of ketones is 2. The van der Waals surface area contributed by atoms with E-state index >= 15 is 0 Å². The number of aliphatic hydroxyl groups excluding tert-OH is 1. The Kier molecular flexibility index (Phi) is 19.6. The molecule has 1 saturated heterocycles. The van der Waals surface area contributed by atoms with Gasteiger partial charge in [-0.15, -0.1) is 0 Å². The second-order valence-corrected chi connectivity index (χ2v) is 12.2. The second-order valence-electron chi connectivity index (χ2n) is 12.2. The van der Waals surface area contributed by atoms with Gasteiger partial charge in [-0.3, -0.25) is 39.0 Å². The van der Waals surface area contributed by atoms with Crippen LogP contribution in [0, 0.1) is 5.41 Å². The quantitative estimate of drug-likeness (QED) is 0.0619. The number of hydrogen-bond donors (Lipinski definition) is 10. The average Bonchev–Trinajstić information content (AvgIpc) is 3.01. The van der Waals surface area contributed by atoms with Gasteiger partial charge in [0.05, 0.1) is 18.2 Å². The van der Waals surface area contributed by atoms with Gasteiger partial charge in [-0.1, -0.05) is 32.1 Å². The molecular weight excluding hydrogens is 628 g/mol. The van der Waals surface area contributed by atoms with Gasteiger partial charge < -0.3 is 47.8 Å². The van der Waals surface area contributed by atoms with Gasteiger partial charge in [-0.2, -0.15) is 0 Å². The molecule has 3 unspecified atom stereocenters. The van der Waals surface area contributed by atoms with Crippen molar-refractivity contribution in [3.05, 3.63) is 0 Å². The maximum atomic E-state index is 13.4. The Morgan fingerprint density at radius 1 is 0.833 bits per heavy atom. The van der Waals surface area contributed by atoms with E-state index in [1.807, 2.05) is 0 Å². The summed E-state index contributed by atoms with van der Waals surface area (Å²) in [4.78, 5) is 89.6. The molecule has 4 amide bonds. The maximum Gasteiger partial charge on any atom is 0.303 e. The molecule has 0 saturated carbocycles. The fourth-order valence-corrected chi connectivity index (χ4v) is 5.03. The van der Waals surface area contributed by atoms with Crippen LogP contribution in [-0.4, -0.2) is 107 Å². The first-order valence-corrected chi connectivity index (χ1v) is 16.6. The summed E-state index contributed by atoms with van der Waals surface area (Å²) in [7, 11) is 0. The van der Waals surface area contributed by atoms with Gasteiger partial charge in [0.1, 0.15) is 18.1 Å². The van der Waals surface area contributed by atoms with Crippen molar-refractivity contribution < 1.29 is 43.8 Å². The summed E-state index contributed by atoms with van der Waals surface area (Å²) in [6, 6.07) is -6.26. The Hall–Kier alpha value is -4.12. The van der Waals surface area contributed by atoms with Crippen LogP contribution in [-0.2, 0) is 33.6 Å². The summed E-state index contributed by atoms with van der Waals surface area (Å²) in [5.74, 6) is -6.28. The molecule has 1 fully saturated rings. The number of aliphatic carboxylic acids is 1. The fourth-order valence-electron chi connectivity index (χ4n) is 5.03. The highest BCUT2D eigenvalue weighted by molar-refractivity contribution is 6.41. The molecule has 0 radical (unpaired) electrons. The van der Waals surface area contributed by atoms with E-state index in [0.29, 0.717) is 13.0 Å². The van der Waals surface area contributed by atoms with Crippen LogP contribution in [0.1, 0.15) is 97.8 Å². The third kappa shape index (κ3) is 16.6. The summed E-state index contributed by atoms with van der Waals surface area (Å²) in [5, 5.41) is 42.3. The normalized spacial score (nSPS) is 26.0. The molecule has 0 spiro atoms. The SMILES string of the molecule is CC1NCCCCCCCCCC(=O)N[C@@H]([C@@H](C)O)C(=O)NC(CCC(=O)O)C(=O)N[C@@H](CCCNC(=N)N)C(=O)NC(C)C(=O)C1=O. The Morgan fingerprint density at radius 2 is 1.38 bits per heavy atom. The van der Waals surface area contributed by atoms with Crippen molar-refractivity contribution in [3.63, 3.8) is 0 Å². The number of carbonyl (C=O) groups is 7. The van der Waals surface area contributed by atoms with Crippen LogP contribution in [0.5, 0.6) is 0 Å². The van der Waals surface area contributed by atoms with Crippen LogP contribution in [0.25, 0.3) is 0 Å². The second kappa shape index (κ2) is 22.4. The monoisotopic (exact) mass is 682 g/mol. The van der Waals surface area contributed by atoms with E-state index in [1.54, 1.807) is 6.92 Å². The van der Waals surface area contributed by atoms with Crippen molar-refractivity contribution in [2.45, 2.75) is 134 Å². The highest BCUT2D eigenvalue weighted by Gasteiger charge is 2.33. The molecule has 1 heterocycles. The highest BCUT2D eigenvalue weighted by atomic mass is 16.4. The van der Waals surface area contributed by atoms with Crippen LogP contribution in [0.4, 0.5) is 0 Å². The number of aliphatic hydroxyl groups is 1. The van der Waals surface area contributed by atoms with Crippen LogP contribution >= 0.6 is 0 Å². The summed E-state index contributed by atoms with van der Waals surface area (Å²) < 4.78 is 0. The van der Waals surface area contributed by atoms with E-state index in [1.165, 1.54) is 13.8 Å². The molecule has 48 heavy (non-hydrogen) atoms. The van der Waals surface area contributed by atoms with Crippen molar-refractivity contribution >= 4 is 47.1 Å². The van der Waals surface area contributed by atoms with E-state index in [2.05, 4.69) is 31.9 Å². The van der Waals surface area contributed by atoms with Crippen molar-refractivity contribution in [2.75, 3.05) is 13.1 Å². The fraction of sp³-hybridized carbons (Fsp3) is 0.742. The molecule has 6 atom stereocenters. The van der Waals surface area contributed by atoms with Crippen molar-refractivity contribution in [1.82, 2.24) is 31.9 Å². The Balaban J connectivity index is 3.30. The molecule has 0 aliphatic carbocycles. The maximum absolute atomic E-state index is 13.4. The summed E-state index contributed by atoms with van der Waals surface area (Å²) in [5.41, 5.74) is 5.31. The summed E-state index contributed by atoms with van der Waals surface area (Å²) in [6.07, 6.45) is 3.82. The van der Waals surface area contributed by atoms with Gasteiger partial charge in [-0.25, -0.2) is 0 Å². The van der Waals surface area contributed by atoms with Crippen LogP contribution in [0.15, 0.2) is 0 Å². The number of nitrogens with one attached hydrogen (secondary N) is 7. The van der Waals surface area contributed by atoms with Gasteiger partial charge in [0.25, 0.3) is 0 Å². The standard InChI is InChI=1S/C31H54N8O9/c1-18-26(44)27(45)19(2)36-28(46)21(12-11-17-35-31(32)33)37-29(47)22(14-15-24(42)43)38-30(48)25(20(3)40)39-23(41)13-9-7-5-4-6-8-10-16-34-18/h18-22,25,34,40H,4-17H2,1-3H3,(H,36,46)(H,37,47)(H,38,48)(H,39,41)(H,42,43)(H4,32,33,35)/t18?,19?,20-,21+,22?,25+/m1/s1. The topological polar surface area (TPSA) is 282 Å². The number of amides is 4. The van der Waals surface area contributed by atoms with Gasteiger partial charge in [0.15, 0.2) is 5.96 Å². The van der Waals surface area contributed by atoms with Gasteiger partial charge in [-0.05, 0) is 59.4 Å². The lowest BCUT2D eigenvalue weighted by Crippen LogP contribution is -2.59. The Bertz CT molecular complexity index is 1130. The number of nitrogens with two attached hydrogens (primary N) is 1. The summed E-state index contributed by atoms with van der Waals surface area (Å²) in [6.45, 7) is 4.86. The number of Topliss-reactive ketones (excluding diaryl/α,β-unsaturated/α-hetero) is 2. The minimum atomic E-state index is -1.49. The smallest absolute Gasteiger partial charge is 0.303 e. The van der Waals surface area contributed by atoms with E-state index in [0.717, 1.165) is 38.5 Å². The van der Waals surface area contributed by atoms with Gasteiger partial charge in [0.2, 0.25) is 35.2 Å². The average molecular weight is 683 g/mol. The molecule has 0 aromatic rings. The molecule has 1 rings (SSSR count). The number of hydrogen-bond acceptors (Lipinski definition) is 10. The molecule has 0 aromatic heterocycles. The molecule has 11 N–H and O–H groups in total. The van der Waals surface area contributed by atoms with E-state index in [4.69, 9.17) is 11.1 Å². The van der Waals surface area contributed by atoms with E-state index in [-0.39, 0.29) is 38.2 Å². The molecular formula is C31H54N8O9. The third-order valence-corrected chi connectivity index (χ3v) is 7.90. The third-order valence-electron chi connectivity index (χ3n) is 7.90. The van der Waals surface area contributed by atoms with Crippen LogP contribution in [0.3, 0.4) is 0 Å². The zero-order valence-electron chi connectivity index (χ0n) is 28.2. The van der Waals surface area contributed by atoms with E-state index in [9.17, 15) is 43.8 Å². The Labute approximate surface area is 281 Å². The van der Waals surface area contributed by atoms with E-state index < -0.39 is 83.9 Å². The van der Waals surface area contributed by atoms with Gasteiger partial charge in [0, 0.05) is 19.4 Å². The predicted octanol–water partition coefficient (Wildman–Crippen LogP) is -1.29. The lowest BCUT2D eigenvalue weighted by atomic mass is 10.0. The first kappa shape index (κ1) is 41.9.